The van der Waals surface area contributed by atoms with Crippen LogP contribution in [0.4, 0.5) is 0 Å². The molecule has 0 heterocycles. The molecule has 1 atom stereocenters. The van der Waals surface area contributed by atoms with Crippen LogP contribution >= 0.6 is 15.9 Å². The van der Waals surface area contributed by atoms with Crippen molar-refractivity contribution in [2.24, 2.45) is 5.92 Å². The summed E-state index contributed by atoms with van der Waals surface area (Å²) >= 11 is 3.38. The molecule has 0 fully saturated rings. The number of methoxy groups -OCH3 is 2. The lowest BCUT2D eigenvalue weighted by Gasteiger charge is -2.13. The zero-order valence-corrected chi connectivity index (χ0v) is 12.8. The molecule has 0 bridgehead atoms. The Kier molecular flexibility index (Phi) is 5.66. The van der Waals surface area contributed by atoms with Crippen molar-refractivity contribution in [3.63, 3.8) is 0 Å². The van der Waals surface area contributed by atoms with Crippen LogP contribution in [0.2, 0.25) is 0 Å². The molecule has 0 spiro atoms. The van der Waals surface area contributed by atoms with E-state index in [2.05, 4.69) is 29.8 Å². The molecule has 0 saturated heterocycles. The van der Waals surface area contributed by atoms with Crippen LogP contribution in [-0.4, -0.2) is 20.0 Å². The van der Waals surface area contributed by atoms with Gasteiger partial charge in [-0.15, -0.1) is 0 Å². The molecule has 4 heteroatoms. The van der Waals surface area contributed by atoms with E-state index < -0.39 is 0 Å². The van der Waals surface area contributed by atoms with Crippen LogP contribution in [0.1, 0.15) is 37.0 Å². The highest BCUT2D eigenvalue weighted by Crippen LogP contribution is 2.33. The van der Waals surface area contributed by atoms with E-state index in [4.69, 9.17) is 9.47 Å². The molecule has 0 aliphatic rings. The molecular formula is C14H19BrO3. The normalized spacial score (nSPS) is 12.1. The van der Waals surface area contributed by atoms with Crippen LogP contribution in [-0.2, 0) is 0 Å². The summed E-state index contributed by atoms with van der Waals surface area (Å²) in [6.07, 6.45) is 1.51. The van der Waals surface area contributed by atoms with Gasteiger partial charge in [-0.3, -0.25) is 4.79 Å². The Morgan fingerprint density at radius 2 is 1.89 bits per heavy atom. The molecule has 0 aliphatic carbocycles. The van der Waals surface area contributed by atoms with Crippen LogP contribution in [0.3, 0.4) is 0 Å². The maximum Gasteiger partial charge on any atom is 0.167 e. The van der Waals surface area contributed by atoms with Crippen LogP contribution in [0, 0.1) is 5.92 Å². The molecule has 1 unspecified atom stereocenters. The van der Waals surface area contributed by atoms with Gasteiger partial charge in [0.05, 0.1) is 24.3 Å². The van der Waals surface area contributed by atoms with E-state index in [9.17, 15) is 4.79 Å². The number of ketones is 1. The Labute approximate surface area is 117 Å². The number of carbonyl (C=O) groups is 1. The molecule has 100 valence electrons. The maximum absolute atomic E-state index is 12.2. The summed E-state index contributed by atoms with van der Waals surface area (Å²) in [5.41, 5.74) is 0.581. The van der Waals surface area contributed by atoms with Gasteiger partial charge >= 0.3 is 0 Å². The lowest BCUT2D eigenvalue weighted by Crippen LogP contribution is -2.07. The Morgan fingerprint density at radius 1 is 1.28 bits per heavy atom. The first kappa shape index (κ1) is 15.0. The number of carbonyl (C=O) groups excluding carboxylic acids is 1. The number of halogens is 1. The first-order chi connectivity index (χ1) is 8.53. The fourth-order valence-electron chi connectivity index (χ4n) is 1.65. The van der Waals surface area contributed by atoms with E-state index in [1.807, 2.05) is 0 Å². The third-order valence-corrected chi connectivity index (χ3v) is 3.62. The zero-order chi connectivity index (χ0) is 13.7. The van der Waals surface area contributed by atoms with Crippen molar-refractivity contribution in [3.05, 3.63) is 22.2 Å². The Balaban J connectivity index is 3.09. The summed E-state index contributed by atoms with van der Waals surface area (Å²) in [5, 5.41) is 0. The highest BCUT2D eigenvalue weighted by Gasteiger charge is 2.17. The molecule has 1 aromatic rings. The smallest absolute Gasteiger partial charge is 0.167 e. The van der Waals surface area contributed by atoms with Gasteiger partial charge in [-0.05, 0) is 34.0 Å². The third kappa shape index (κ3) is 3.48. The van der Waals surface area contributed by atoms with Gasteiger partial charge in [-0.2, -0.15) is 0 Å². The molecule has 1 aromatic carbocycles. The van der Waals surface area contributed by atoms with E-state index >= 15 is 0 Å². The van der Waals surface area contributed by atoms with Crippen molar-refractivity contribution in [3.8, 4) is 11.5 Å². The summed E-state index contributed by atoms with van der Waals surface area (Å²) in [6.45, 7) is 4.15. The fourth-order valence-corrected chi connectivity index (χ4v) is 2.13. The molecule has 1 rings (SSSR count). The number of hydrogen-bond donors (Lipinski definition) is 0. The molecule has 0 radical (unpaired) electrons. The average molecular weight is 315 g/mol. The van der Waals surface area contributed by atoms with Gasteiger partial charge in [0.25, 0.3) is 0 Å². The second-order valence-corrected chi connectivity index (χ2v) is 5.18. The summed E-state index contributed by atoms with van der Waals surface area (Å²) in [4.78, 5) is 12.2. The number of benzene rings is 1. The van der Waals surface area contributed by atoms with Crippen LogP contribution in [0.25, 0.3) is 0 Å². The Hall–Kier alpha value is -1.03. The van der Waals surface area contributed by atoms with Crippen molar-refractivity contribution >= 4 is 21.7 Å². The van der Waals surface area contributed by atoms with Crippen LogP contribution < -0.4 is 9.47 Å². The number of Topliss-reactive ketones (excluding diaryl/α,β-unsaturated/α-hetero) is 1. The number of rotatable bonds is 6. The minimum absolute atomic E-state index is 0.0898. The second kappa shape index (κ2) is 6.78. The predicted octanol–water partition coefficient (Wildman–Crippen LogP) is 4.09. The maximum atomic E-state index is 12.2. The average Bonchev–Trinajstić information content (AvgIpc) is 2.37. The number of ether oxygens (including phenoxy) is 2. The summed E-state index contributed by atoms with van der Waals surface area (Å²) < 4.78 is 11.2. The Morgan fingerprint density at radius 3 is 2.39 bits per heavy atom. The molecule has 0 aliphatic heterocycles. The lowest BCUT2D eigenvalue weighted by atomic mass is 9.97. The van der Waals surface area contributed by atoms with Crippen molar-refractivity contribution in [2.75, 3.05) is 14.2 Å². The van der Waals surface area contributed by atoms with Gasteiger partial charge in [0, 0.05) is 6.42 Å². The van der Waals surface area contributed by atoms with Gasteiger partial charge in [0.15, 0.2) is 5.78 Å². The Bertz CT molecular complexity index is 429. The topological polar surface area (TPSA) is 35.5 Å². The van der Waals surface area contributed by atoms with E-state index in [1.54, 1.807) is 26.4 Å². The first-order valence-electron chi connectivity index (χ1n) is 5.98. The van der Waals surface area contributed by atoms with Crippen molar-refractivity contribution in [2.45, 2.75) is 26.7 Å². The predicted molar refractivity (Wildman–Crippen MR) is 75.6 cm³/mol. The van der Waals surface area contributed by atoms with Gasteiger partial charge in [0.1, 0.15) is 11.5 Å². The monoisotopic (exact) mass is 314 g/mol. The SMILES string of the molecule is CCC(C)CC(=O)c1cc(OC)c(Br)cc1OC. The first-order valence-corrected chi connectivity index (χ1v) is 6.77. The molecule has 3 nitrogen and oxygen atoms in total. The van der Waals surface area contributed by atoms with Crippen LogP contribution in [0.15, 0.2) is 16.6 Å². The molecular weight excluding hydrogens is 296 g/mol. The van der Waals surface area contributed by atoms with E-state index in [1.165, 1.54) is 0 Å². The molecule has 0 N–H and O–H groups in total. The van der Waals surface area contributed by atoms with E-state index in [0.717, 1.165) is 10.9 Å². The highest BCUT2D eigenvalue weighted by atomic mass is 79.9. The van der Waals surface area contributed by atoms with Gasteiger partial charge in [-0.1, -0.05) is 20.3 Å². The van der Waals surface area contributed by atoms with Gasteiger partial charge < -0.3 is 9.47 Å². The zero-order valence-electron chi connectivity index (χ0n) is 11.2. The minimum atomic E-state index is 0.0898. The summed E-state index contributed by atoms with van der Waals surface area (Å²) in [6, 6.07) is 3.50. The van der Waals surface area contributed by atoms with Gasteiger partial charge in [0.2, 0.25) is 0 Å². The van der Waals surface area contributed by atoms with Crippen LogP contribution in [0.5, 0.6) is 11.5 Å². The van der Waals surface area contributed by atoms with E-state index in [0.29, 0.717) is 29.4 Å². The van der Waals surface area contributed by atoms with E-state index in [-0.39, 0.29) is 5.78 Å². The molecule has 0 amide bonds. The molecule has 0 aromatic heterocycles. The number of hydrogen-bond acceptors (Lipinski definition) is 3. The second-order valence-electron chi connectivity index (χ2n) is 4.33. The highest BCUT2D eigenvalue weighted by molar-refractivity contribution is 9.10. The van der Waals surface area contributed by atoms with Crippen molar-refractivity contribution < 1.29 is 14.3 Å². The summed E-state index contributed by atoms with van der Waals surface area (Å²) in [5.74, 6) is 1.68. The minimum Gasteiger partial charge on any atom is -0.496 e. The largest absolute Gasteiger partial charge is 0.496 e. The van der Waals surface area contributed by atoms with Crippen molar-refractivity contribution in [1.82, 2.24) is 0 Å². The van der Waals surface area contributed by atoms with Gasteiger partial charge in [-0.25, -0.2) is 0 Å². The quantitative estimate of drug-likeness (QED) is 0.742. The molecule has 0 saturated carbocycles. The fraction of sp³-hybridized carbons (Fsp3) is 0.500. The molecule has 18 heavy (non-hydrogen) atoms. The third-order valence-electron chi connectivity index (χ3n) is 3.01. The lowest BCUT2D eigenvalue weighted by molar-refractivity contribution is 0.0960. The summed E-state index contributed by atoms with van der Waals surface area (Å²) in [7, 11) is 3.14. The standard InChI is InChI=1S/C14H19BrO3/c1-5-9(2)6-12(16)10-7-14(18-4)11(15)8-13(10)17-3/h7-9H,5-6H2,1-4H3. The van der Waals surface area contributed by atoms with Crippen molar-refractivity contribution in [1.29, 1.82) is 0 Å².